The number of nitrogens with zero attached hydrogens (tertiary/aromatic N) is 1. The number of fused-ring (bicyclic) bond motifs is 1. The standard InChI is InChI=1S/C14H10NO3/c16-14-11-8-4-5-9-12(11)18-15(17)13(14)10-6-2-1-3-7-10/h1-9,13H/q+1. The Kier molecular flexibility index (Phi) is 2.41. The predicted octanol–water partition coefficient (Wildman–Crippen LogP) is 2.70. The summed E-state index contributed by atoms with van der Waals surface area (Å²) in [6.45, 7) is 0. The van der Waals surface area contributed by atoms with Crippen molar-refractivity contribution in [2.24, 2.45) is 0 Å². The second-order valence-corrected chi connectivity index (χ2v) is 4.05. The third kappa shape index (κ3) is 1.59. The molecule has 18 heavy (non-hydrogen) atoms. The molecule has 2 aromatic carbocycles. The number of para-hydroxylation sites is 1. The smallest absolute Gasteiger partial charge is 0.286 e. The van der Waals surface area contributed by atoms with E-state index < -0.39 is 6.04 Å². The van der Waals surface area contributed by atoms with Gasteiger partial charge < -0.3 is 0 Å². The molecule has 0 N–H and O–H groups in total. The maximum atomic E-state index is 12.3. The van der Waals surface area contributed by atoms with Crippen LogP contribution in [0.3, 0.4) is 0 Å². The molecule has 0 aromatic heterocycles. The summed E-state index contributed by atoms with van der Waals surface area (Å²) in [5.41, 5.74) is 1.07. The van der Waals surface area contributed by atoms with Crippen LogP contribution in [0.2, 0.25) is 0 Å². The molecule has 1 heterocycles. The van der Waals surface area contributed by atoms with Crippen LogP contribution in [0.4, 0.5) is 0 Å². The van der Waals surface area contributed by atoms with E-state index in [1.54, 1.807) is 48.5 Å². The minimum Gasteiger partial charge on any atom is -0.286 e. The minimum atomic E-state index is -0.930. The summed E-state index contributed by atoms with van der Waals surface area (Å²) < 4.78 is 0. The molecule has 4 heteroatoms. The van der Waals surface area contributed by atoms with Crippen LogP contribution in [0, 0.1) is 4.91 Å². The first-order chi connectivity index (χ1) is 8.77. The van der Waals surface area contributed by atoms with E-state index >= 15 is 0 Å². The molecule has 0 aliphatic carbocycles. The molecular weight excluding hydrogens is 230 g/mol. The number of benzene rings is 2. The highest BCUT2D eigenvalue weighted by Crippen LogP contribution is 2.32. The van der Waals surface area contributed by atoms with Crippen LogP contribution in [-0.4, -0.2) is 10.7 Å². The molecule has 2 aromatic rings. The van der Waals surface area contributed by atoms with Crippen molar-refractivity contribution in [3.8, 4) is 5.75 Å². The molecular formula is C14H10NO3+. The monoisotopic (exact) mass is 240 g/mol. The maximum absolute atomic E-state index is 12.3. The van der Waals surface area contributed by atoms with Gasteiger partial charge in [0, 0.05) is 5.56 Å². The van der Waals surface area contributed by atoms with E-state index in [0.29, 0.717) is 21.8 Å². The molecule has 3 rings (SSSR count). The maximum Gasteiger partial charge on any atom is 0.344 e. The summed E-state index contributed by atoms with van der Waals surface area (Å²) in [6, 6.07) is 14.7. The summed E-state index contributed by atoms with van der Waals surface area (Å²) in [5.74, 6) is 0.0720. The van der Waals surface area contributed by atoms with E-state index in [-0.39, 0.29) is 5.78 Å². The van der Waals surface area contributed by atoms with E-state index in [1.807, 2.05) is 6.07 Å². The summed E-state index contributed by atoms with van der Waals surface area (Å²) >= 11 is 0. The Morgan fingerprint density at radius 2 is 1.61 bits per heavy atom. The molecule has 0 saturated carbocycles. The third-order valence-corrected chi connectivity index (χ3v) is 2.92. The first kappa shape index (κ1) is 10.7. The Morgan fingerprint density at radius 3 is 2.39 bits per heavy atom. The Balaban J connectivity index is 2.09. The first-order valence-electron chi connectivity index (χ1n) is 5.60. The molecule has 1 aliphatic rings. The van der Waals surface area contributed by atoms with Gasteiger partial charge in [-0.15, -0.1) is 0 Å². The van der Waals surface area contributed by atoms with Gasteiger partial charge in [-0.1, -0.05) is 42.5 Å². The average molecular weight is 240 g/mol. The van der Waals surface area contributed by atoms with Gasteiger partial charge in [0.25, 0.3) is 0 Å². The zero-order valence-electron chi connectivity index (χ0n) is 9.45. The van der Waals surface area contributed by atoms with E-state index in [9.17, 15) is 9.70 Å². The van der Waals surface area contributed by atoms with Gasteiger partial charge in [0.05, 0.1) is 10.5 Å². The molecule has 0 saturated heterocycles. The van der Waals surface area contributed by atoms with Crippen molar-refractivity contribution in [2.45, 2.75) is 6.04 Å². The third-order valence-electron chi connectivity index (χ3n) is 2.92. The van der Waals surface area contributed by atoms with Crippen molar-refractivity contribution in [3.05, 3.63) is 70.6 Å². The normalized spacial score (nSPS) is 18.1. The number of ketones is 1. The van der Waals surface area contributed by atoms with E-state index in [1.165, 1.54) is 0 Å². The van der Waals surface area contributed by atoms with Crippen molar-refractivity contribution in [3.63, 3.8) is 0 Å². The van der Waals surface area contributed by atoms with Crippen LogP contribution < -0.4 is 4.84 Å². The lowest BCUT2D eigenvalue weighted by Gasteiger charge is -2.14. The zero-order valence-corrected chi connectivity index (χ0v) is 9.45. The first-order valence-corrected chi connectivity index (χ1v) is 5.60. The van der Waals surface area contributed by atoms with Crippen LogP contribution in [-0.2, 0) is 0 Å². The molecule has 0 bridgehead atoms. The van der Waals surface area contributed by atoms with Crippen molar-refractivity contribution in [1.82, 2.24) is 0 Å². The molecule has 1 atom stereocenters. The van der Waals surface area contributed by atoms with E-state index in [2.05, 4.69) is 0 Å². The number of hydrogen-bond donors (Lipinski definition) is 0. The van der Waals surface area contributed by atoms with Crippen molar-refractivity contribution in [1.29, 1.82) is 0 Å². The lowest BCUT2D eigenvalue weighted by molar-refractivity contribution is -0.783. The molecule has 4 nitrogen and oxygen atoms in total. The van der Waals surface area contributed by atoms with Gasteiger partial charge in [-0.05, 0) is 12.1 Å². The van der Waals surface area contributed by atoms with Crippen molar-refractivity contribution >= 4 is 5.78 Å². The fourth-order valence-corrected chi connectivity index (χ4v) is 2.05. The average Bonchev–Trinajstić information content (AvgIpc) is 2.40. The van der Waals surface area contributed by atoms with Gasteiger partial charge in [0.1, 0.15) is 0 Å². The van der Waals surface area contributed by atoms with E-state index in [4.69, 9.17) is 4.84 Å². The number of carbonyl (C=O) groups excluding carboxylic acids is 1. The summed E-state index contributed by atoms with van der Waals surface area (Å²) in [6.07, 6.45) is 0. The summed E-state index contributed by atoms with van der Waals surface area (Å²) in [4.78, 5) is 29.6. The van der Waals surface area contributed by atoms with Crippen LogP contribution in [0.5, 0.6) is 5.75 Å². The lowest BCUT2D eigenvalue weighted by Crippen LogP contribution is -2.32. The zero-order chi connectivity index (χ0) is 12.5. The highest BCUT2D eigenvalue weighted by molar-refractivity contribution is 6.02. The summed E-state index contributed by atoms with van der Waals surface area (Å²) in [7, 11) is 0. The molecule has 0 radical (unpaired) electrons. The number of Topliss-reactive ketones (excluding diaryl/α,β-unsaturated/α-hetero) is 1. The topological polar surface area (TPSA) is 46.4 Å². The number of hydrogen-bond acceptors (Lipinski definition) is 3. The van der Waals surface area contributed by atoms with Gasteiger partial charge in [-0.3, -0.25) is 4.79 Å². The van der Waals surface area contributed by atoms with Crippen LogP contribution >= 0.6 is 0 Å². The predicted molar refractivity (Wildman–Crippen MR) is 64.2 cm³/mol. The fraction of sp³-hybridized carbons (Fsp3) is 0.0714. The van der Waals surface area contributed by atoms with E-state index in [0.717, 1.165) is 0 Å². The minimum absolute atomic E-state index is 0.238. The second kappa shape index (κ2) is 4.07. The Morgan fingerprint density at radius 1 is 0.944 bits per heavy atom. The Bertz CT molecular complexity index is 622. The molecule has 88 valence electrons. The SMILES string of the molecule is O=C1c2ccccc2O[N+](=O)C1c1ccccc1. The van der Waals surface area contributed by atoms with Crippen molar-refractivity contribution < 1.29 is 14.6 Å². The molecule has 1 unspecified atom stereocenters. The van der Waals surface area contributed by atoms with Crippen LogP contribution in [0.1, 0.15) is 22.0 Å². The molecule has 0 fully saturated rings. The quantitative estimate of drug-likeness (QED) is 0.769. The van der Waals surface area contributed by atoms with Gasteiger partial charge in [-0.2, -0.15) is 4.84 Å². The highest BCUT2D eigenvalue weighted by Gasteiger charge is 2.45. The number of rotatable bonds is 1. The summed E-state index contributed by atoms with van der Waals surface area (Å²) in [5, 5.41) is 0. The molecule has 0 spiro atoms. The van der Waals surface area contributed by atoms with Crippen LogP contribution in [0.15, 0.2) is 54.6 Å². The Hall–Kier alpha value is -2.49. The lowest BCUT2D eigenvalue weighted by atomic mass is 9.96. The largest absolute Gasteiger partial charge is 0.344 e. The molecule has 1 aliphatic heterocycles. The van der Waals surface area contributed by atoms with Gasteiger partial charge >= 0.3 is 6.04 Å². The van der Waals surface area contributed by atoms with Crippen molar-refractivity contribution in [2.75, 3.05) is 0 Å². The molecule has 0 amide bonds. The number of carbonyl (C=O) groups is 1. The van der Waals surface area contributed by atoms with Gasteiger partial charge in [0.15, 0.2) is 0 Å². The van der Waals surface area contributed by atoms with Gasteiger partial charge in [-0.25, -0.2) is 0 Å². The fourth-order valence-electron chi connectivity index (χ4n) is 2.05. The Labute approximate surface area is 103 Å². The van der Waals surface area contributed by atoms with Gasteiger partial charge in [0.2, 0.25) is 16.5 Å². The second-order valence-electron chi connectivity index (χ2n) is 4.05. The van der Waals surface area contributed by atoms with Crippen LogP contribution in [0.25, 0.3) is 0 Å². The highest BCUT2D eigenvalue weighted by atomic mass is 16.8.